The fourth-order valence-electron chi connectivity index (χ4n) is 2.61. The lowest BCUT2D eigenvalue weighted by Gasteiger charge is -2.19. The fourth-order valence-corrected chi connectivity index (χ4v) is 4.02. The summed E-state index contributed by atoms with van der Waals surface area (Å²) in [4.78, 5) is 11.1. The highest BCUT2D eigenvalue weighted by molar-refractivity contribution is 7.89. The van der Waals surface area contributed by atoms with E-state index in [9.17, 15) is 13.5 Å². The van der Waals surface area contributed by atoms with Crippen molar-refractivity contribution < 1.29 is 18.0 Å². The molecule has 132 valence electrons. The zero-order valence-corrected chi connectivity index (χ0v) is 14.7. The second kappa shape index (κ2) is 5.94. The normalized spacial score (nSPS) is 22.5. The molecule has 0 radical (unpaired) electrons. The molecular formula is C14H21N5O4S. The molecule has 0 spiro atoms. The Kier molecular flexibility index (Phi) is 4.22. The molecule has 1 saturated heterocycles. The molecule has 3 heterocycles. The largest absolute Gasteiger partial charge is 0.379 e. The number of hydrogen-bond donors (Lipinski definition) is 2. The summed E-state index contributed by atoms with van der Waals surface area (Å²) in [6.07, 6.45) is 2.08. The van der Waals surface area contributed by atoms with Crippen LogP contribution in [0.1, 0.15) is 50.6 Å². The molecule has 0 aromatic carbocycles. The number of sulfonamides is 1. The molecule has 2 aromatic rings. The smallest absolute Gasteiger partial charge is 0.260 e. The van der Waals surface area contributed by atoms with Crippen LogP contribution >= 0.6 is 0 Å². The Morgan fingerprint density at radius 2 is 2.25 bits per heavy atom. The van der Waals surface area contributed by atoms with Gasteiger partial charge in [0.2, 0.25) is 0 Å². The third-order valence-corrected chi connectivity index (χ3v) is 5.89. The topological polar surface area (TPSA) is 125 Å². The lowest BCUT2D eigenvalue weighted by atomic mass is 10.0. The average molecular weight is 355 g/mol. The van der Waals surface area contributed by atoms with Gasteiger partial charge in [0.25, 0.3) is 15.9 Å². The zero-order chi connectivity index (χ0) is 17.5. The third kappa shape index (κ3) is 2.85. The standard InChI is InChI=1S/C14H21N5O4S/c1-4-10-16-13(23-18-10)14(20)5-6-19(8-14)24(21,22)11-7-15-12(17-11)9(2)3/h7,9,20H,4-6,8H2,1-3H3,(H,15,17). The van der Waals surface area contributed by atoms with E-state index in [2.05, 4.69) is 20.1 Å². The summed E-state index contributed by atoms with van der Waals surface area (Å²) >= 11 is 0. The summed E-state index contributed by atoms with van der Waals surface area (Å²) < 4.78 is 31.8. The minimum Gasteiger partial charge on any atom is -0.379 e. The van der Waals surface area contributed by atoms with Crippen LogP contribution in [0.15, 0.2) is 15.7 Å². The Hall–Kier alpha value is -1.78. The van der Waals surface area contributed by atoms with Crippen molar-refractivity contribution in [2.45, 2.75) is 50.2 Å². The van der Waals surface area contributed by atoms with E-state index in [0.29, 0.717) is 18.1 Å². The van der Waals surface area contributed by atoms with E-state index in [0.717, 1.165) is 0 Å². The van der Waals surface area contributed by atoms with Crippen LogP contribution < -0.4 is 0 Å². The molecule has 3 rings (SSSR count). The van der Waals surface area contributed by atoms with Gasteiger partial charge in [-0.05, 0) is 0 Å². The van der Waals surface area contributed by atoms with Crippen molar-refractivity contribution in [2.24, 2.45) is 0 Å². The van der Waals surface area contributed by atoms with E-state index >= 15 is 0 Å². The molecule has 1 aliphatic heterocycles. The van der Waals surface area contributed by atoms with Crippen LogP contribution in [0.3, 0.4) is 0 Å². The van der Waals surface area contributed by atoms with Crippen molar-refractivity contribution in [3.63, 3.8) is 0 Å². The number of aryl methyl sites for hydroxylation is 1. The molecule has 0 saturated carbocycles. The Morgan fingerprint density at radius 1 is 1.50 bits per heavy atom. The number of rotatable bonds is 5. The van der Waals surface area contributed by atoms with Gasteiger partial charge < -0.3 is 14.6 Å². The van der Waals surface area contributed by atoms with E-state index in [-0.39, 0.29) is 36.3 Å². The first-order chi connectivity index (χ1) is 11.3. The minimum absolute atomic E-state index is 0.0234. The first-order valence-corrected chi connectivity index (χ1v) is 9.31. The maximum atomic E-state index is 12.7. The molecule has 9 nitrogen and oxygen atoms in total. The molecular weight excluding hydrogens is 334 g/mol. The van der Waals surface area contributed by atoms with E-state index in [1.807, 2.05) is 20.8 Å². The average Bonchev–Trinajstić information content (AvgIpc) is 3.26. The lowest BCUT2D eigenvalue weighted by molar-refractivity contribution is 0.0194. The predicted molar refractivity (Wildman–Crippen MR) is 83.6 cm³/mol. The van der Waals surface area contributed by atoms with Gasteiger partial charge in [0.15, 0.2) is 16.5 Å². The number of β-amino-alcohol motifs (C(OH)–C–C–N with tert-alkyl or cyclic N) is 1. The van der Waals surface area contributed by atoms with Crippen LogP contribution in [-0.4, -0.2) is 51.0 Å². The Morgan fingerprint density at radius 3 is 2.83 bits per heavy atom. The van der Waals surface area contributed by atoms with Gasteiger partial charge in [-0.25, -0.2) is 13.4 Å². The lowest BCUT2D eigenvalue weighted by Crippen LogP contribution is -2.34. The van der Waals surface area contributed by atoms with Crippen molar-refractivity contribution in [1.29, 1.82) is 0 Å². The van der Waals surface area contributed by atoms with E-state index < -0.39 is 15.6 Å². The Bertz CT molecular complexity index is 828. The van der Waals surface area contributed by atoms with Gasteiger partial charge in [-0.15, -0.1) is 0 Å². The summed E-state index contributed by atoms with van der Waals surface area (Å²) in [5.41, 5.74) is -1.46. The van der Waals surface area contributed by atoms with Gasteiger partial charge >= 0.3 is 0 Å². The summed E-state index contributed by atoms with van der Waals surface area (Å²) in [7, 11) is -3.76. The van der Waals surface area contributed by atoms with Gasteiger partial charge in [-0.1, -0.05) is 25.9 Å². The molecule has 0 amide bonds. The summed E-state index contributed by atoms with van der Waals surface area (Å²) in [6, 6.07) is 0. The Balaban J connectivity index is 1.83. The first kappa shape index (κ1) is 17.1. The minimum atomic E-state index is -3.76. The van der Waals surface area contributed by atoms with Gasteiger partial charge in [-0.2, -0.15) is 9.29 Å². The quantitative estimate of drug-likeness (QED) is 0.811. The van der Waals surface area contributed by atoms with Gasteiger partial charge in [0.05, 0.1) is 12.7 Å². The molecule has 0 bridgehead atoms. The predicted octanol–water partition coefficient (Wildman–Crippen LogP) is 0.761. The molecule has 2 N–H and O–H groups in total. The van der Waals surface area contributed by atoms with Crippen molar-refractivity contribution in [3.8, 4) is 0 Å². The molecule has 0 aliphatic carbocycles. The maximum absolute atomic E-state index is 12.7. The zero-order valence-electron chi connectivity index (χ0n) is 13.9. The molecule has 1 unspecified atom stereocenters. The monoisotopic (exact) mass is 355 g/mol. The first-order valence-electron chi connectivity index (χ1n) is 7.87. The second-order valence-electron chi connectivity index (χ2n) is 6.28. The van der Waals surface area contributed by atoms with E-state index in [4.69, 9.17) is 4.52 Å². The van der Waals surface area contributed by atoms with Crippen LogP contribution in [0.2, 0.25) is 0 Å². The number of nitrogens with one attached hydrogen (secondary N) is 1. The van der Waals surface area contributed by atoms with E-state index in [1.165, 1.54) is 10.5 Å². The highest BCUT2D eigenvalue weighted by atomic mass is 32.2. The van der Waals surface area contributed by atoms with Crippen molar-refractivity contribution >= 4 is 10.0 Å². The van der Waals surface area contributed by atoms with Crippen molar-refractivity contribution in [1.82, 2.24) is 24.4 Å². The molecule has 1 atom stereocenters. The van der Waals surface area contributed by atoms with Crippen molar-refractivity contribution in [3.05, 3.63) is 23.7 Å². The third-order valence-electron chi connectivity index (χ3n) is 4.13. The number of aromatic nitrogens is 4. The summed E-state index contributed by atoms with van der Waals surface area (Å²) in [5, 5.41) is 14.5. The molecule has 10 heteroatoms. The highest BCUT2D eigenvalue weighted by Gasteiger charge is 2.47. The molecule has 1 fully saturated rings. The van der Waals surface area contributed by atoms with Crippen LogP contribution in [-0.2, 0) is 22.0 Å². The van der Waals surface area contributed by atoms with Crippen LogP contribution in [0, 0.1) is 0 Å². The number of aliphatic hydroxyl groups is 1. The number of H-pyrrole nitrogens is 1. The molecule has 24 heavy (non-hydrogen) atoms. The number of nitrogens with zero attached hydrogens (tertiary/aromatic N) is 4. The van der Waals surface area contributed by atoms with E-state index in [1.54, 1.807) is 0 Å². The number of imidazole rings is 1. The molecule has 1 aliphatic rings. The SMILES string of the molecule is CCc1noc(C2(O)CCN(S(=O)(=O)c3cnc(C(C)C)[nH]3)C2)n1. The summed E-state index contributed by atoms with van der Waals surface area (Å²) in [5.74, 6) is 1.24. The maximum Gasteiger partial charge on any atom is 0.260 e. The number of aromatic amines is 1. The van der Waals surface area contributed by atoms with Crippen LogP contribution in [0.4, 0.5) is 0 Å². The highest BCUT2D eigenvalue weighted by Crippen LogP contribution is 2.34. The van der Waals surface area contributed by atoms with Crippen LogP contribution in [0.5, 0.6) is 0 Å². The number of hydrogen-bond acceptors (Lipinski definition) is 7. The summed E-state index contributed by atoms with van der Waals surface area (Å²) in [6.45, 7) is 5.75. The van der Waals surface area contributed by atoms with Gasteiger partial charge in [0, 0.05) is 25.3 Å². The second-order valence-corrected chi connectivity index (χ2v) is 8.18. The van der Waals surface area contributed by atoms with Gasteiger partial charge in [0.1, 0.15) is 5.82 Å². The van der Waals surface area contributed by atoms with Crippen LogP contribution in [0.25, 0.3) is 0 Å². The van der Waals surface area contributed by atoms with Crippen molar-refractivity contribution in [2.75, 3.05) is 13.1 Å². The Labute approximate surface area is 140 Å². The molecule has 2 aromatic heterocycles. The fraction of sp³-hybridized carbons (Fsp3) is 0.643. The van der Waals surface area contributed by atoms with Gasteiger partial charge in [-0.3, -0.25) is 0 Å².